The van der Waals surface area contributed by atoms with Crippen LogP contribution in [0, 0.1) is 0 Å². The molecule has 0 unspecified atom stereocenters. The van der Waals surface area contributed by atoms with Gasteiger partial charge < -0.3 is 5.11 Å². The predicted octanol–water partition coefficient (Wildman–Crippen LogP) is 2.80. The van der Waals surface area contributed by atoms with Crippen molar-refractivity contribution in [1.82, 2.24) is 0 Å². The quantitative estimate of drug-likeness (QED) is 0.796. The summed E-state index contributed by atoms with van der Waals surface area (Å²) in [6.07, 6.45) is 0. The van der Waals surface area contributed by atoms with Crippen molar-refractivity contribution in [2.45, 2.75) is 33.1 Å². The van der Waals surface area contributed by atoms with Crippen LogP contribution in [0.4, 0.5) is 5.69 Å². The van der Waals surface area contributed by atoms with Gasteiger partial charge in [-0.1, -0.05) is 0 Å². The van der Waals surface area contributed by atoms with Crippen LogP contribution in [0.3, 0.4) is 0 Å². The van der Waals surface area contributed by atoms with Crippen LogP contribution in [0.2, 0.25) is 0 Å². The Balaban J connectivity index is 2.66. The highest BCUT2D eigenvalue weighted by Gasteiger charge is 2.42. The normalized spacial score (nSPS) is 17.2. The molecule has 0 bridgehead atoms. The summed E-state index contributed by atoms with van der Waals surface area (Å²) in [6.45, 7) is 9.42. The van der Waals surface area contributed by atoms with Crippen LogP contribution in [0.5, 0.6) is 0 Å². The number of carbonyl (C=O) groups is 1. The van der Waals surface area contributed by atoms with E-state index in [0.29, 0.717) is 5.56 Å². The van der Waals surface area contributed by atoms with Crippen LogP contribution in [0.1, 0.15) is 43.6 Å². The largest absolute Gasteiger partial charge is 0.478 e. The second-order valence-corrected chi connectivity index (χ2v) is 4.99. The monoisotopic (exact) mass is 232 g/mol. The first-order valence-corrected chi connectivity index (χ1v) is 5.89. The van der Waals surface area contributed by atoms with Crippen LogP contribution in [0.15, 0.2) is 18.2 Å². The standard InChI is InChI=1S/C14H17NO2/c1-5-15-9(2)14(3,4)11-8-10(13(16)17)6-7-12(11)15/h6-8H,5H2,1-4H3/p+1. The first-order valence-electron chi connectivity index (χ1n) is 5.89. The summed E-state index contributed by atoms with van der Waals surface area (Å²) in [5.74, 6) is -0.865. The molecule has 1 N–H and O–H groups in total. The molecule has 0 spiro atoms. The van der Waals surface area contributed by atoms with E-state index in [2.05, 4.69) is 32.3 Å². The molecule has 0 radical (unpaired) electrons. The lowest BCUT2D eigenvalue weighted by atomic mass is 9.81. The van der Waals surface area contributed by atoms with Crippen LogP contribution in [0.25, 0.3) is 0 Å². The fourth-order valence-corrected chi connectivity index (χ4v) is 2.53. The molecule has 17 heavy (non-hydrogen) atoms. The zero-order valence-electron chi connectivity index (χ0n) is 10.7. The molecule has 0 atom stereocenters. The molecule has 0 saturated heterocycles. The zero-order chi connectivity index (χ0) is 12.8. The highest BCUT2D eigenvalue weighted by atomic mass is 16.4. The van der Waals surface area contributed by atoms with Gasteiger partial charge in [0.2, 0.25) is 5.69 Å². The maximum atomic E-state index is 11.0. The highest BCUT2D eigenvalue weighted by Crippen LogP contribution is 2.39. The fourth-order valence-electron chi connectivity index (χ4n) is 2.53. The second-order valence-electron chi connectivity index (χ2n) is 4.99. The van der Waals surface area contributed by atoms with Gasteiger partial charge in [-0.2, -0.15) is 4.58 Å². The molecule has 0 saturated carbocycles. The number of carboxylic acid groups (broad SMARTS) is 1. The molecule has 1 aromatic carbocycles. The minimum absolute atomic E-state index is 0.0865. The number of carboxylic acids is 1. The van der Waals surface area contributed by atoms with Crippen molar-refractivity contribution in [3.8, 4) is 0 Å². The third-order valence-corrected chi connectivity index (χ3v) is 3.83. The first-order chi connectivity index (χ1) is 7.89. The molecular weight excluding hydrogens is 214 g/mol. The summed E-state index contributed by atoms with van der Waals surface area (Å²) in [5, 5.41) is 9.05. The van der Waals surface area contributed by atoms with Gasteiger partial charge in [0.25, 0.3) is 0 Å². The summed E-state index contributed by atoms with van der Waals surface area (Å²) in [4.78, 5) is 11.0. The van der Waals surface area contributed by atoms with E-state index in [9.17, 15) is 4.79 Å². The van der Waals surface area contributed by atoms with Crippen molar-refractivity contribution >= 4 is 17.4 Å². The molecule has 3 nitrogen and oxygen atoms in total. The van der Waals surface area contributed by atoms with Crippen molar-refractivity contribution < 1.29 is 14.5 Å². The van der Waals surface area contributed by atoms with E-state index in [-0.39, 0.29) is 5.41 Å². The predicted molar refractivity (Wildman–Crippen MR) is 67.6 cm³/mol. The number of benzene rings is 1. The van der Waals surface area contributed by atoms with E-state index >= 15 is 0 Å². The molecule has 0 amide bonds. The second kappa shape index (κ2) is 3.69. The zero-order valence-corrected chi connectivity index (χ0v) is 10.7. The Bertz CT molecular complexity index is 527. The fraction of sp³-hybridized carbons (Fsp3) is 0.429. The molecular formula is C14H18NO2+. The minimum Gasteiger partial charge on any atom is -0.478 e. The number of hydrogen-bond donors (Lipinski definition) is 1. The Kier molecular flexibility index (Phi) is 2.57. The average Bonchev–Trinajstić information content (AvgIpc) is 2.47. The van der Waals surface area contributed by atoms with Crippen molar-refractivity contribution in [2.24, 2.45) is 0 Å². The maximum Gasteiger partial charge on any atom is 0.335 e. The Hall–Kier alpha value is -1.64. The smallest absolute Gasteiger partial charge is 0.335 e. The Morgan fingerprint density at radius 3 is 2.59 bits per heavy atom. The Labute approximate surface area is 101 Å². The van der Waals surface area contributed by atoms with Gasteiger partial charge in [0.15, 0.2) is 5.71 Å². The molecule has 1 aliphatic heterocycles. The average molecular weight is 232 g/mol. The topological polar surface area (TPSA) is 40.3 Å². The summed E-state index contributed by atoms with van der Waals surface area (Å²) in [6, 6.07) is 5.40. The van der Waals surface area contributed by atoms with E-state index in [1.165, 1.54) is 5.71 Å². The highest BCUT2D eigenvalue weighted by molar-refractivity contribution is 5.95. The summed E-state index contributed by atoms with van der Waals surface area (Å²) < 4.78 is 2.25. The van der Waals surface area contributed by atoms with Crippen LogP contribution < -0.4 is 0 Å². The molecule has 1 heterocycles. The van der Waals surface area contributed by atoms with Gasteiger partial charge in [0, 0.05) is 18.6 Å². The van der Waals surface area contributed by atoms with Gasteiger partial charge in [0.05, 0.1) is 11.0 Å². The molecule has 90 valence electrons. The summed E-state index contributed by atoms with van der Waals surface area (Å²) in [5.41, 5.74) is 3.80. The van der Waals surface area contributed by atoms with Gasteiger partial charge in [-0.05, 0) is 32.9 Å². The van der Waals surface area contributed by atoms with Crippen LogP contribution >= 0.6 is 0 Å². The van der Waals surface area contributed by atoms with Crippen LogP contribution in [-0.2, 0) is 5.41 Å². The van der Waals surface area contributed by atoms with Crippen molar-refractivity contribution in [3.05, 3.63) is 29.3 Å². The van der Waals surface area contributed by atoms with Gasteiger partial charge in [-0.25, -0.2) is 4.79 Å². The number of rotatable bonds is 2. The van der Waals surface area contributed by atoms with Gasteiger partial charge in [-0.15, -0.1) is 0 Å². The van der Waals surface area contributed by atoms with Gasteiger partial charge in [-0.3, -0.25) is 0 Å². The van der Waals surface area contributed by atoms with Crippen molar-refractivity contribution in [3.63, 3.8) is 0 Å². The van der Waals surface area contributed by atoms with Crippen LogP contribution in [-0.4, -0.2) is 27.9 Å². The molecule has 1 aliphatic rings. The molecule has 0 aliphatic carbocycles. The minimum atomic E-state index is -0.865. The lowest BCUT2D eigenvalue weighted by molar-refractivity contribution is -0.434. The van der Waals surface area contributed by atoms with Crippen molar-refractivity contribution in [2.75, 3.05) is 6.54 Å². The lowest BCUT2D eigenvalue weighted by Gasteiger charge is -2.15. The lowest BCUT2D eigenvalue weighted by Crippen LogP contribution is -2.26. The Morgan fingerprint density at radius 2 is 2.06 bits per heavy atom. The molecule has 3 heteroatoms. The van der Waals surface area contributed by atoms with E-state index in [1.807, 2.05) is 6.07 Å². The van der Waals surface area contributed by atoms with E-state index in [4.69, 9.17) is 5.11 Å². The molecule has 1 aromatic rings. The number of nitrogens with zero attached hydrogens (tertiary/aromatic N) is 1. The number of fused-ring (bicyclic) bond motifs is 1. The number of aromatic carboxylic acids is 1. The van der Waals surface area contributed by atoms with E-state index in [0.717, 1.165) is 17.8 Å². The van der Waals surface area contributed by atoms with Gasteiger partial charge in [0.1, 0.15) is 6.54 Å². The third kappa shape index (κ3) is 1.57. The summed E-state index contributed by atoms with van der Waals surface area (Å²) >= 11 is 0. The van der Waals surface area contributed by atoms with E-state index in [1.54, 1.807) is 12.1 Å². The first kappa shape index (κ1) is 11.8. The Morgan fingerprint density at radius 1 is 1.41 bits per heavy atom. The summed E-state index contributed by atoms with van der Waals surface area (Å²) in [7, 11) is 0. The third-order valence-electron chi connectivity index (χ3n) is 3.83. The number of hydrogen-bond acceptors (Lipinski definition) is 1. The molecule has 0 fully saturated rings. The molecule has 2 rings (SSSR count). The molecule has 0 aromatic heterocycles. The van der Waals surface area contributed by atoms with Crippen molar-refractivity contribution in [1.29, 1.82) is 0 Å². The van der Waals surface area contributed by atoms with E-state index < -0.39 is 5.97 Å². The maximum absolute atomic E-state index is 11.0. The van der Waals surface area contributed by atoms with Gasteiger partial charge >= 0.3 is 5.97 Å². The SMILES string of the molecule is CC[N+]1=C(C)C(C)(C)c2cc(C(=O)O)ccc21.